The number of carbonyl (C=O) groups excluding carboxylic acids is 1. The number of halogens is 1. The van der Waals surface area contributed by atoms with Crippen molar-refractivity contribution in [2.75, 3.05) is 18.1 Å². The van der Waals surface area contributed by atoms with Crippen LogP contribution in [0.15, 0.2) is 24.3 Å². The van der Waals surface area contributed by atoms with E-state index in [1.807, 2.05) is 31.2 Å². The number of nitrogens with one attached hydrogen (secondary N) is 1. The van der Waals surface area contributed by atoms with Gasteiger partial charge in [-0.15, -0.1) is 0 Å². The van der Waals surface area contributed by atoms with Gasteiger partial charge < -0.3 is 5.32 Å². The Morgan fingerprint density at radius 3 is 2.65 bits per heavy atom. The first-order chi connectivity index (χ1) is 10.9. The molecule has 1 amide bonds. The van der Waals surface area contributed by atoms with Crippen molar-refractivity contribution in [2.45, 2.75) is 32.6 Å². The Labute approximate surface area is 143 Å². The van der Waals surface area contributed by atoms with Gasteiger partial charge in [0, 0.05) is 17.5 Å². The summed E-state index contributed by atoms with van der Waals surface area (Å²) in [5.41, 5.74) is 1.09. The van der Waals surface area contributed by atoms with Gasteiger partial charge in [-0.3, -0.25) is 4.79 Å². The molecule has 0 bridgehead atoms. The van der Waals surface area contributed by atoms with Crippen LogP contribution in [0.4, 0.5) is 0 Å². The zero-order valence-electron chi connectivity index (χ0n) is 13.4. The van der Waals surface area contributed by atoms with Crippen LogP contribution in [0.3, 0.4) is 0 Å². The second-order valence-corrected chi connectivity index (χ2v) is 9.10. The third-order valence-electron chi connectivity index (χ3n) is 4.32. The van der Waals surface area contributed by atoms with E-state index in [-0.39, 0.29) is 17.7 Å². The lowest BCUT2D eigenvalue weighted by Crippen LogP contribution is -2.31. The first kappa shape index (κ1) is 18.3. The summed E-state index contributed by atoms with van der Waals surface area (Å²) < 4.78 is 22.8. The van der Waals surface area contributed by atoms with Crippen LogP contribution >= 0.6 is 11.6 Å². The van der Waals surface area contributed by atoms with Crippen molar-refractivity contribution in [1.29, 1.82) is 0 Å². The minimum atomic E-state index is -2.80. The minimum absolute atomic E-state index is 0.0407. The number of benzene rings is 1. The van der Waals surface area contributed by atoms with E-state index in [1.54, 1.807) is 0 Å². The van der Waals surface area contributed by atoms with Gasteiger partial charge in [0.05, 0.1) is 11.5 Å². The number of hydrogen-bond acceptors (Lipinski definition) is 3. The van der Waals surface area contributed by atoms with Gasteiger partial charge >= 0.3 is 0 Å². The average molecular weight is 358 g/mol. The summed E-state index contributed by atoms with van der Waals surface area (Å²) >= 11 is 5.85. The summed E-state index contributed by atoms with van der Waals surface area (Å²) in [6.45, 7) is 2.52. The average Bonchev–Trinajstić information content (AvgIpc) is 2.85. The fourth-order valence-electron chi connectivity index (χ4n) is 2.94. The highest BCUT2D eigenvalue weighted by molar-refractivity contribution is 7.91. The highest BCUT2D eigenvalue weighted by atomic mass is 35.5. The first-order valence-electron chi connectivity index (χ1n) is 8.08. The number of hydrogen-bond donors (Lipinski definition) is 1. The molecule has 0 spiro atoms. The molecule has 1 aliphatic rings. The van der Waals surface area contributed by atoms with E-state index in [9.17, 15) is 13.2 Å². The largest absolute Gasteiger partial charge is 0.356 e. The maximum atomic E-state index is 12.1. The topological polar surface area (TPSA) is 63.2 Å². The van der Waals surface area contributed by atoms with Gasteiger partial charge in [0.15, 0.2) is 9.84 Å². The maximum Gasteiger partial charge on any atom is 0.223 e. The Bertz CT molecular complexity index is 628. The fourth-order valence-corrected chi connectivity index (χ4v) is 4.98. The SMILES string of the molecule is CC(Cc1ccc(Cl)cc1)C(=O)NCCCC1CCS(=O)(=O)C1. The van der Waals surface area contributed by atoms with Crippen molar-refractivity contribution < 1.29 is 13.2 Å². The lowest BCUT2D eigenvalue weighted by Gasteiger charge is -2.13. The van der Waals surface area contributed by atoms with Gasteiger partial charge in [-0.05, 0) is 49.3 Å². The van der Waals surface area contributed by atoms with E-state index in [1.165, 1.54) is 0 Å². The van der Waals surface area contributed by atoms with Crippen LogP contribution in [0.1, 0.15) is 31.7 Å². The van der Waals surface area contributed by atoms with Crippen LogP contribution in [-0.4, -0.2) is 32.4 Å². The molecule has 1 aliphatic heterocycles. The molecule has 1 heterocycles. The fraction of sp³-hybridized carbons (Fsp3) is 0.588. The minimum Gasteiger partial charge on any atom is -0.356 e. The van der Waals surface area contributed by atoms with E-state index in [2.05, 4.69) is 5.32 Å². The first-order valence-corrected chi connectivity index (χ1v) is 10.3. The highest BCUT2D eigenvalue weighted by Crippen LogP contribution is 2.22. The molecule has 128 valence electrons. The van der Waals surface area contributed by atoms with Gasteiger partial charge in [-0.1, -0.05) is 30.7 Å². The maximum absolute atomic E-state index is 12.1. The molecular formula is C17H24ClNO3S. The molecule has 0 radical (unpaired) electrons. The van der Waals surface area contributed by atoms with Gasteiger partial charge in [0.25, 0.3) is 0 Å². The molecule has 0 saturated carbocycles. The van der Waals surface area contributed by atoms with Crippen molar-refractivity contribution in [2.24, 2.45) is 11.8 Å². The van der Waals surface area contributed by atoms with Crippen molar-refractivity contribution in [3.8, 4) is 0 Å². The predicted molar refractivity (Wildman–Crippen MR) is 93.3 cm³/mol. The number of amides is 1. The van der Waals surface area contributed by atoms with E-state index < -0.39 is 9.84 Å². The van der Waals surface area contributed by atoms with E-state index >= 15 is 0 Å². The second-order valence-electron chi connectivity index (χ2n) is 6.43. The van der Waals surface area contributed by atoms with Crippen molar-refractivity contribution in [1.82, 2.24) is 5.32 Å². The zero-order chi connectivity index (χ0) is 16.9. The molecule has 1 N–H and O–H groups in total. The van der Waals surface area contributed by atoms with Gasteiger partial charge in [-0.25, -0.2) is 8.42 Å². The van der Waals surface area contributed by atoms with E-state index in [0.717, 1.165) is 24.8 Å². The number of sulfone groups is 1. The zero-order valence-corrected chi connectivity index (χ0v) is 15.0. The molecule has 1 fully saturated rings. The molecule has 1 aromatic rings. The Kier molecular flexibility index (Phi) is 6.48. The van der Waals surface area contributed by atoms with Crippen molar-refractivity contribution in [3.63, 3.8) is 0 Å². The predicted octanol–water partition coefficient (Wildman–Crippen LogP) is 2.85. The Balaban J connectivity index is 1.65. The molecule has 2 rings (SSSR count). The standard InChI is InChI=1S/C17H24ClNO3S/c1-13(11-14-4-6-16(18)7-5-14)17(20)19-9-2-3-15-8-10-23(21,22)12-15/h4-7,13,15H,2-3,8-12H2,1H3,(H,19,20). The summed E-state index contributed by atoms with van der Waals surface area (Å²) in [7, 11) is -2.80. The third-order valence-corrected chi connectivity index (χ3v) is 6.41. The van der Waals surface area contributed by atoms with Crippen LogP contribution < -0.4 is 5.32 Å². The molecule has 23 heavy (non-hydrogen) atoms. The van der Waals surface area contributed by atoms with Crippen LogP contribution in [-0.2, 0) is 21.1 Å². The van der Waals surface area contributed by atoms with Gasteiger partial charge in [-0.2, -0.15) is 0 Å². The Morgan fingerprint density at radius 2 is 2.04 bits per heavy atom. The Morgan fingerprint density at radius 1 is 1.35 bits per heavy atom. The summed E-state index contributed by atoms with van der Waals surface area (Å²) in [6, 6.07) is 7.54. The molecule has 1 saturated heterocycles. The monoisotopic (exact) mass is 357 g/mol. The summed E-state index contributed by atoms with van der Waals surface area (Å²) in [6.07, 6.45) is 3.15. The van der Waals surface area contributed by atoms with Crippen molar-refractivity contribution in [3.05, 3.63) is 34.9 Å². The van der Waals surface area contributed by atoms with Crippen LogP contribution in [0, 0.1) is 11.8 Å². The number of carbonyl (C=O) groups is 1. The molecule has 2 atom stereocenters. The summed E-state index contributed by atoms with van der Waals surface area (Å²) in [5, 5.41) is 3.64. The Hall–Kier alpha value is -1.07. The molecule has 6 heteroatoms. The van der Waals surface area contributed by atoms with Gasteiger partial charge in [0.1, 0.15) is 0 Å². The van der Waals surface area contributed by atoms with Gasteiger partial charge in [0.2, 0.25) is 5.91 Å². The quantitative estimate of drug-likeness (QED) is 0.763. The smallest absolute Gasteiger partial charge is 0.223 e. The molecule has 2 unspecified atom stereocenters. The van der Waals surface area contributed by atoms with Crippen molar-refractivity contribution >= 4 is 27.3 Å². The van der Waals surface area contributed by atoms with Crippen LogP contribution in [0.2, 0.25) is 5.02 Å². The lowest BCUT2D eigenvalue weighted by atomic mass is 10.00. The summed E-state index contributed by atoms with van der Waals surface area (Å²) in [5.74, 6) is 0.848. The van der Waals surface area contributed by atoms with E-state index in [4.69, 9.17) is 11.6 Å². The molecule has 0 aliphatic carbocycles. The molecule has 1 aromatic carbocycles. The molecular weight excluding hydrogens is 334 g/mol. The van der Waals surface area contributed by atoms with E-state index in [0.29, 0.717) is 29.5 Å². The van der Waals surface area contributed by atoms with Crippen LogP contribution in [0.25, 0.3) is 0 Å². The van der Waals surface area contributed by atoms with Crippen LogP contribution in [0.5, 0.6) is 0 Å². The number of rotatable bonds is 7. The molecule has 0 aromatic heterocycles. The third kappa shape index (κ3) is 6.15. The molecule has 4 nitrogen and oxygen atoms in total. The lowest BCUT2D eigenvalue weighted by molar-refractivity contribution is -0.124. The summed E-state index contributed by atoms with van der Waals surface area (Å²) in [4.78, 5) is 12.1. The normalized spacial score (nSPS) is 21.0. The highest BCUT2D eigenvalue weighted by Gasteiger charge is 2.27. The second kappa shape index (κ2) is 8.15.